The molecule has 2 aromatic carbocycles. The minimum atomic E-state index is -3.97. The Bertz CT molecular complexity index is 1190. The molecule has 0 saturated carbocycles. The van der Waals surface area contributed by atoms with Crippen molar-refractivity contribution in [1.82, 2.24) is 14.1 Å². The number of methoxy groups -OCH3 is 1. The standard InChI is InChI=1S/C21H21N3O5S/c1-23-12-17(11-22-23)19(20(25)14-6-4-3-5-7-14)24-13-16-9-8-15(21(26)29-2)10-18(16)30(24,27)28/h3-12,19-20,25H,13H2,1-2H3. The first-order valence-electron chi connectivity index (χ1n) is 9.27. The van der Waals surface area contributed by atoms with Gasteiger partial charge in [0.15, 0.2) is 0 Å². The topological polar surface area (TPSA) is 102 Å². The summed E-state index contributed by atoms with van der Waals surface area (Å²) in [5, 5.41) is 15.3. The Hall–Kier alpha value is -3.01. The van der Waals surface area contributed by atoms with Gasteiger partial charge in [-0.3, -0.25) is 4.68 Å². The molecule has 8 nitrogen and oxygen atoms in total. The van der Waals surface area contributed by atoms with Crippen LogP contribution >= 0.6 is 0 Å². The third kappa shape index (κ3) is 3.41. The van der Waals surface area contributed by atoms with Gasteiger partial charge in [-0.05, 0) is 23.3 Å². The molecule has 0 bridgehead atoms. The Balaban J connectivity index is 1.80. The van der Waals surface area contributed by atoms with Crippen LogP contribution in [0.2, 0.25) is 0 Å². The first-order chi connectivity index (χ1) is 14.3. The maximum absolute atomic E-state index is 13.4. The summed E-state index contributed by atoms with van der Waals surface area (Å²) in [4.78, 5) is 11.9. The molecule has 1 aliphatic rings. The molecular weight excluding hydrogens is 406 g/mol. The van der Waals surface area contributed by atoms with Crippen LogP contribution in [0.15, 0.2) is 65.8 Å². The van der Waals surface area contributed by atoms with Gasteiger partial charge < -0.3 is 9.84 Å². The summed E-state index contributed by atoms with van der Waals surface area (Å²) in [6, 6.07) is 12.5. The predicted molar refractivity (Wildman–Crippen MR) is 108 cm³/mol. The van der Waals surface area contributed by atoms with E-state index < -0.39 is 28.1 Å². The first-order valence-corrected chi connectivity index (χ1v) is 10.7. The van der Waals surface area contributed by atoms with E-state index in [4.69, 9.17) is 4.74 Å². The number of fused-ring (bicyclic) bond motifs is 1. The second-order valence-corrected chi connectivity index (χ2v) is 8.97. The summed E-state index contributed by atoms with van der Waals surface area (Å²) in [5.74, 6) is -0.612. The SMILES string of the molecule is COC(=O)c1ccc2c(c1)S(=O)(=O)N(C(c1cnn(C)c1)C(O)c1ccccc1)C2. The lowest BCUT2D eigenvalue weighted by atomic mass is 9.97. The van der Waals surface area contributed by atoms with Gasteiger partial charge >= 0.3 is 5.97 Å². The van der Waals surface area contributed by atoms with Crippen LogP contribution in [-0.2, 0) is 28.4 Å². The molecule has 2 unspecified atom stereocenters. The zero-order valence-electron chi connectivity index (χ0n) is 16.5. The van der Waals surface area contributed by atoms with E-state index in [1.807, 2.05) is 6.07 Å². The van der Waals surface area contributed by atoms with Gasteiger partial charge in [0.25, 0.3) is 0 Å². The van der Waals surface area contributed by atoms with Crippen LogP contribution < -0.4 is 0 Å². The number of nitrogens with zero attached hydrogens (tertiary/aromatic N) is 3. The summed E-state index contributed by atoms with van der Waals surface area (Å²) in [7, 11) is -1.00. The lowest BCUT2D eigenvalue weighted by Crippen LogP contribution is -2.33. The maximum atomic E-state index is 13.4. The van der Waals surface area contributed by atoms with Gasteiger partial charge in [-0.1, -0.05) is 36.4 Å². The first kappa shape index (κ1) is 20.3. The lowest BCUT2D eigenvalue weighted by molar-refractivity contribution is 0.0600. The van der Waals surface area contributed by atoms with Crippen LogP contribution in [0.1, 0.15) is 39.2 Å². The minimum absolute atomic E-state index is 0.0413. The number of hydrogen-bond donors (Lipinski definition) is 1. The Labute approximate surface area is 174 Å². The van der Waals surface area contributed by atoms with E-state index in [-0.39, 0.29) is 17.0 Å². The largest absolute Gasteiger partial charge is 0.465 e. The highest BCUT2D eigenvalue weighted by Crippen LogP contribution is 2.43. The fourth-order valence-electron chi connectivity index (χ4n) is 3.73. The van der Waals surface area contributed by atoms with Crippen LogP contribution in [0, 0.1) is 0 Å². The summed E-state index contributed by atoms with van der Waals surface area (Å²) >= 11 is 0. The van der Waals surface area contributed by atoms with Crippen molar-refractivity contribution in [3.05, 3.63) is 83.2 Å². The van der Waals surface area contributed by atoms with E-state index in [1.54, 1.807) is 54.5 Å². The van der Waals surface area contributed by atoms with E-state index in [9.17, 15) is 18.3 Å². The number of aryl methyl sites for hydroxylation is 1. The number of carbonyl (C=O) groups is 1. The normalized spacial score (nSPS) is 17.3. The van der Waals surface area contributed by atoms with Crippen molar-refractivity contribution >= 4 is 16.0 Å². The minimum Gasteiger partial charge on any atom is -0.465 e. The molecule has 0 spiro atoms. The van der Waals surface area contributed by atoms with E-state index in [0.717, 1.165) is 0 Å². The number of hydrogen-bond acceptors (Lipinski definition) is 6. The molecule has 4 rings (SSSR count). The second kappa shape index (κ2) is 7.67. The molecule has 0 amide bonds. The Morgan fingerprint density at radius 1 is 1.17 bits per heavy atom. The number of aliphatic hydroxyl groups excluding tert-OH is 1. The van der Waals surface area contributed by atoms with Crippen molar-refractivity contribution in [2.75, 3.05) is 7.11 Å². The highest BCUT2D eigenvalue weighted by atomic mass is 32.2. The molecular formula is C21H21N3O5S. The third-order valence-electron chi connectivity index (χ3n) is 5.22. The zero-order valence-corrected chi connectivity index (χ0v) is 17.3. The fourth-order valence-corrected chi connectivity index (χ4v) is 5.57. The van der Waals surface area contributed by atoms with Crippen molar-refractivity contribution in [2.45, 2.75) is 23.6 Å². The highest BCUT2D eigenvalue weighted by molar-refractivity contribution is 7.89. The zero-order chi connectivity index (χ0) is 21.5. The van der Waals surface area contributed by atoms with E-state index >= 15 is 0 Å². The van der Waals surface area contributed by atoms with Gasteiger partial charge in [0.05, 0.1) is 35.9 Å². The Morgan fingerprint density at radius 2 is 1.90 bits per heavy atom. The van der Waals surface area contributed by atoms with Crippen molar-refractivity contribution in [1.29, 1.82) is 0 Å². The van der Waals surface area contributed by atoms with Gasteiger partial charge in [-0.25, -0.2) is 13.2 Å². The van der Waals surface area contributed by atoms with Gasteiger partial charge in [0.1, 0.15) is 0 Å². The monoisotopic (exact) mass is 427 g/mol. The molecule has 0 saturated heterocycles. The number of rotatable bonds is 5. The molecule has 0 radical (unpaired) electrons. The number of aromatic nitrogens is 2. The van der Waals surface area contributed by atoms with Crippen molar-refractivity contribution in [2.24, 2.45) is 7.05 Å². The van der Waals surface area contributed by atoms with Crippen molar-refractivity contribution in [3.8, 4) is 0 Å². The Kier molecular flexibility index (Phi) is 5.19. The van der Waals surface area contributed by atoms with E-state index in [1.165, 1.54) is 23.5 Å². The number of aliphatic hydroxyl groups is 1. The molecule has 1 N–H and O–H groups in total. The van der Waals surface area contributed by atoms with Crippen LogP contribution in [-0.4, -0.2) is 40.7 Å². The molecule has 1 aliphatic heterocycles. The summed E-state index contributed by atoms with van der Waals surface area (Å²) in [6.07, 6.45) is 2.13. The summed E-state index contributed by atoms with van der Waals surface area (Å²) in [5.41, 5.74) is 1.87. The van der Waals surface area contributed by atoms with E-state index in [2.05, 4.69) is 5.10 Å². The molecule has 2 heterocycles. The molecule has 156 valence electrons. The van der Waals surface area contributed by atoms with Gasteiger partial charge in [-0.2, -0.15) is 9.40 Å². The quantitative estimate of drug-likeness (QED) is 0.627. The second-order valence-electron chi connectivity index (χ2n) is 7.11. The number of benzene rings is 2. The highest BCUT2D eigenvalue weighted by Gasteiger charge is 2.43. The molecule has 1 aromatic heterocycles. The smallest absolute Gasteiger partial charge is 0.337 e. The third-order valence-corrected chi connectivity index (χ3v) is 7.13. The van der Waals surface area contributed by atoms with Gasteiger partial charge in [-0.15, -0.1) is 0 Å². The number of carbonyl (C=O) groups excluding carboxylic acids is 1. The molecule has 3 aromatic rings. The van der Waals surface area contributed by atoms with Gasteiger partial charge in [0, 0.05) is 25.4 Å². The van der Waals surface area contributed by atoms with E-state index in [0.29, 0.717) is 16.7 Å². The van der Waals surface area contributed by atoms with Crippen molar-refractivity contribution in [3.63, 3.8) is 0 Å². The molecule has 2 atom stereocenters. The van der Waals surface area contributed by atoms with Crippen LogP contribution in [0.5, 0.6) is 0 Å². The fraction of sp³-hybridized carbons (Fsp3) is 0.238. The number of sulfonamides is 1. The average Bonchev–Trinajstić information content (AvgIpc) is 3.29. The number of ether oxygens (including phenoxy) is 1. The lowest BCUT2D eigenvalue weighted by Gasteiger charge is -2.30. The van der Waals surface area contributed by atoms with Crippen LogP contribution in [0.3, 0.4) is 0 Å². The van der Waals surface area contributed by atoms with Crippen LogP contribution in [0.4, 0.5) is 0 Å². The molecule has 9 heteroatoms. The summed E-state index contributed by atoms with van der Waals surface area (Å²) in [6.45, 7) is 0.0720. The molecule has 0 fully saturated rings. The molecule has 30 heavy (non-hydrogen) atoms. The maximum Gasteiger partial charge on any atom is 0.337 e. The average molecular weight is 427 g/mol. The number of esters is 1. The molecule has 0 aliphatic carbocycles. The summed E-state index contributed by atoms with van der Waals surface area (Å²) < 4.78 is 34.4. The Morgan fingerprint density at radius 3 is 2.53 bits per heavy atom. The van der Waals surface area contributed by atoms with Crippen molar-refractivity contribution < 1.29 is 23.1 Å². The van der Waals surface area contributed by atoms with Crippen LogP contribution in [0.25, 0.3) is 0 Å². The van der Waals surface area contributed by atoms with Gasteiger partial charge in [0.2, 0.25) is 10.0 Å². The predicted octanol–water partition coefficient (Wildman–Crippen LogP) is 2.19.